The van der Waals surface area contributed by atoms with Gasteiger partial charge in [-0.25, -0.2) is 4.79 Å². The van der Waals surface area contributed by atoms with E-state index in [1.807, 2.05) is 27.7 Å². The van der Waals surface area contributed by atoms with E-state index in [1.165, 1.54) is 0 Å². The average Bonchev–Trinajstić information content (AvgIpc) is 2.14. The largest absolute Gasteiger partial charge is 0.450 e. The minimum Gasteiger partial charge on any atom is -0.450 e. The first-order chi connectivity index (χ1) is 8.05. The molecule has 0 saturated heterocycles. The second kappa shape index (κ2) is 6.95. The predicted octanol–water partition coefficient (Wildman–Crippen LogP) is 1.70. The van der Waals surface area contributed by atoms with E-state index in [0.717, 1.165) is 12.8 Å². The van der Waals surface area contributed by atoms with Gasteiger partial charge in [-0.15, -0.1) is 0 Å². The van der Waals surface area contributed by atoms with Crippen LogP contribution in [0.15, 0.2) is 0 Å². The Hall–Kier alpha value is -0.810. The van der Waals surface area contributed by atoms with Gasteiger partial charge in [0.05, 0.1) is 6.61 Å². The van der Waals surface area contributed by atoms with Crippen molar-refractivity contribution in [2.75, 3.05) is 19.7 Å². The Kier molecular flexibility index (Phi) is 6.63. The lowest BCUT2D eigenvalue weighted by Crippen LogP contribution is -2.43. The van der Waals surface area contributed by atoms with Crippen LogP contribution in [0, 0.1) is 0 Å². The Morgan fingerprint density at radius 3 is 1.72 bits per heavy atom. The number of nitrogens with two attached hydrogens (primary N) is 2. The number of nitrogens with zero attached hydrogens (tertiary/aromatic N) is 1. The molecule has 0 spiro atoms. The molecule has 18 heavy (non-hydrogen) atoms. The minimum absolute atomic E-state index is 0.286. The van der Waals surface area contributed by atoms with Gasteiger partial charge in [0.15, 0.2) is 0 Å². The zero-order valence-corrected chi connectivity index (χ0v) is 12.5. The number of ether oxygens (including phenoxy) is 1. The van der Waals surface area contributed by atoms with E-state index in [9.17, 15) is 4.79 Å². The molecule has 0 atom stereocenters. The maximum absolute atomic E-state index is 11.8. The summed E-state index contributed by atoms with van der Waals surface area (Å²) in [4.78, 5) is 13.5. The van der Waals surface area contributed by atoms with E-state index in [2.05, 4.69) is 0 Å². The molecular formula is C13H29N3O2. The van der Waals surface area contributed by atoms with Crippen molar-refractivity contribution in [1.29, 1.82) is 0 Å². The standard InChI is InChI=1S/C13H29N3O2/c1-6-18-11(17)16(9-7-12(2,3)14)10-8-13(4,5)15/h6-10,14-15H2,1-5H3. The summed E-state index contributed by atoms with van der Waals surface area (Å²) in [6, 6.07) is 0. The van der Waals surface area contributed by atoms with Gasteiger partial charge in [-0.1, -0.05) is 0 Å². The fourth-order valence-electron chi connectivity index (χ4n) is 1.36. The van der Waals surface area contributed by atoms with Crippen LogP contribution in [0.4, 0.5) is 4.79 Å². The number of hydrogen-bond donors (Lipinski definition) is 2. The third-order valence-corrected chi connectivity index (χ3v) is 2.58. The Balaban J connectivity index is 4.38. The van der Waals surface area contributed by atoms with E-state index in [4.69, 9.17) is 16.2 Å². The maximum atomic E-state index is 11.8. The molecule has 5 nitrogen and oxygen atoms in total. The Morgan fingerprint density at radius 2 is 1.44 bits per heavy atom. The summed E-state index contributed by atoms with van der Waals surface area (Å²) in [5, 5.41) is 0. The highest BCUT2D eigenvalue weighted by atomic mass is 16.6. The summed E-state index contributed by atoms with van der Waals surface area (Å²) < 4.78 is 5.04. The molecule has 0 aliphatic heterocycles. The first-order valence-corrected chi connectivity index (χ1v) is 6.54. The molecule has 0 aromatic rings. The van der Waals surface area contributed by atoms with Crippen molar-refractivity contribution < 1.29 is 9.53 Å². The second-order valence-corrected chi connectivity index (χ2v) is 6.16. The van der Waals surface area contributed by atoms with Crippen molar-refractivity contribution in [3.63, 3.8) is 0 Å². The monoisotopic (exact) mass is 259 g/mol. The maximum Gasteiger partial charge on any atom is 0.409 e. The zero-order valence-electron chi connectivity index (χ0n) is 12.5. The van der Waals surface area contributed by atoms with E-state index in [-0.39, 0.29) is 17.2 Å². The summed E-state index contributed by atoms with van der Waals surface area (Å²) >= 11 is 0. The molecule has 0 aliphatic carbocycles. The number of carbonyl (C=O) groups excluding carboxylic acids is 1. The van der Waals surface area contributed by atoms with Crippen LogP contribution in [0.25, 0.3) is 0 Å². The third kappa shape index (κ3) is 9.24. The van der Waals surface area contributed by atoms with Gasteiger partial charge in [0, 0.05) is 24.2 Å². The van der Waals surface area contributed by atoms with Gasteiger partial charge in [0.2, 0.25) is 0 Å². The van der Waals surface area contributed by atoms with Gasteiger partial charge in [-0.3, -0.25) is 0 Å². The number of carbonyl (C=O) groups is 1. The fourth-order valence-corrected chi connectivity index (χ4v) is 1.36. The highest BCUT2D eigenvalue weighted by Gasteiger charge is 2.21. The lowest BCUT2D eigenvalue weighted by Gasteiger charge is -2.28. The molecule has 0 saturated carbocycles. The van der Waals surface area contributed by atoms with Crippen LogP contribution in [-0.2, 0) is 4.74 Å². The van der Waals surface area contributed by atoms with Crippen LogP contribution in [0.3, 0.4) is 0 Å². The number of hydrogen-bond acceptors (Lipinski definition) is 4. The van der Waals surface area contributed by atoms with Crippen LogP contribution < -0.4 is 11.5 Å². The van der Waals surface area contributed by atoms with Crippen LogP contribution >= 0.6 is 0 Å². The topological polar surface area (TPSA) is 81.6 Å². The second-order valence-electron chi connectivity index (χ2n) is 6.16. The highest BCUT2D eigenvalue weighted by Crippen LogP contribution is 2.10. The van der Waals surface area contributed by atoms with Crippen molar-refractivity contribution in [2.24, 2.45) is 11.5 Å². The highest BCUT2D eigenvalue weighted by molar-refractivity contribution is 5.67. The average molecular weight is 259 g/mol. The molecule has 4 N–H and O–H groups in total. The third-order valence-electron chi connectivity index (χ3n) is 2.58. The molecule has 0 unspecified atom stereocenters. The summed E-state index contributed by atoms with van der Waals surface area (Å²) in [7, 11) is 0. The zero-order chi connectivity index (χ0) is 14.4. The van der Waals surface area contributed by atoms with Crippen LogP contribution in [0.5, 0.6) is 0 Å². The van der Waals surface area contributed by atoms with Crippen molar-refractivity contribution in [2.45, 2.75) is 58.5 Å². The molecule has 0 heterocycles. The van der Waals surface area contributed by atoms with E-state index < -0.39 is 0 Å². The SMILES string of the molecule is CCOC(=O)N(CCC(C)(C)N)CCC(C)(C)N. The van der Waals surface area contributed by atoms with Crippen molar-refractivity contribution in [3.8, 4) is 0 Å². The summed E-state index contributed by atoms with van der Waals surface area (Å²) in [5.41, 5.74) is 11.3. The van der Waals surface area contributed by atoms with Crippen LogP contribution in [0.1, 0.15) is 47.5 Å². The van der Waals surface area contributed by atoms with Gasteiger partial charge in [-0.2, -0.15) is 0 Å². The molecular weight excluding hydrogens is 230 g/mol. The molecule has 0 bridgehead atoms. The van der Waals surface area contributed by atoms with Crippen molar-refractivity contribution in [3.05, 3.63) is 0 Å². The molecule has 5 heteroatoms. The van der Waals surface area contributed by atoms with Gasteiger partial charge in [-0.05, 0) is 47.5 Å². The molecule has 0 rings (SSSR count). The molecule has 108 valence electrons. The molecule has 0 aromatic heterocycles. The smallest absolute Gasteiger partial charge is 0.409 e. The Labute approximate surface area is 111 Å². The number of rotatable bonds is 7. The lowest BCUT2D eigenvalue weighted by atomic mass is 10.0. The summed E-state index contributed by atoms with van der Waals surface area (Å²) in [5.74, 6) is 0. The molecule has 0 aromatic carbocycles. The number of amides is 1. The predicted molar refractivity (Wildman–Crippen MR) is 74.4 cm³/mol. The molecule has 1 amide bonds. The van der Waals surface area contributed by atoms with E-state index >= 15 is 0 Å². The fraction of sp³-hybridized carbons (Fsp3) is 0.923. The van der Waals surface area contributed by atoms with Crippen molar-refractivity contribution in [1.82, 2.24) is 4.90 Å². The molecule has 0 radical (unpaired) electrons. The quantitative estimate of drug-likeness (QED) is 0.729. The van der Waals surface area contributed by atoms with Gasteiger partial charge < -0.3 is 21.1 Å². The van der Waals surface area contributed by atoms with E-state index in [0.29, 0.717) is 19.7 Å². The minimum atomic E-state index is -0.289. The Bertz CT molecular complexity index is 236. The summed E-state index contributed by atoms with van der Waals surface area (Å²) in [6.45, 7) is 11.2. The Morgan fingerprint density at radius 1 is 1.06 bits per heavy atom. The van der Waals surface area contributed by atoms with Gasteiger partial charge in [0.25, 0.3) is 0 Å². The first-order valence-electron chi connectivity index (χ1n) is 6.54. The first kappa shape index (κ1) is 17.2. The summed E-state index contributed by atoms with van der Waals surface area (Å²) in [6.07, 6.45) is 1.18. The normalized spacial score (nSPS) is 12.4. The van der Waals surface area contributed by atoms with Gasteiger partial charge >= 0.3 is 6.09 Å². The molecule has 0 fully saturated rings. The lowest BCUT2D eigenvalue weighted by molar-refractivity contribution is 0.102. The van der Waals surface area contributed by atoms with Crippen LogP contribution in [-0.4, -0.2) is 41.8 Å². The van der Waals surface area contributed by atoms with E-state index in [1.54, 1.807) is 11.8 Å². The van der Waals surface area contributed by atoms with Crippen LogP contribution in [0.2, 0.25) is 0 Å². The molecule has 0 aliphatic rings. The van der Waals surface area contributed by atoms with Crippen molar-refractivity contribution >= 4 is 6.09 Å². The van der Waals surface area contributed by atoms with Gasteiger partial charge in [0.1, 0.15) is 0 Å².